The average molecular weight is 841 g/mol. The van der Waals surface area contributed by atoms with Gasteiger partial charge in [0.25, 0.3) is 0 Å². The highest BCUT2D eigenvalue weighted by Gasteiger charge is 2.35. The molecule has 64 heavy (non-hydrogen) atoms. The first-order chi connectivity index (χ1) is 31.5. The van der Waals surface area contributed by atoms with Crippen LogP contribution in [0.15, 0.2) is 208 Å². The second-order valence-corrected chi connectivity index (χ2v) is 17.1. The standard InChI is InChI=1S/C58H52N2O4/c1-59-33-31-40(32-34-59)39-62-58(61)60(2)55-45(35-47-25-15-27-49-51(41-17-7-3-8-18-41)37-53(63-56(47)49)43-21-11-5-12-22-43)29-30-46(55)36-48-26-16-28-50-52(42-19-9-4-10-20-42)38-54(64-57(48)50)44-23-13-6-14-24-44/h3-14,17-24,31-38H,15-16,25-30,39H2,1-2H3/q+2. The molecule has 0 radical (unpaired) electrons. The molecule has 0 saturated carbocycles. The van der Waals surface area contributed by atoms with Crippen molar-refractivity contribution in [1.29, 1.82) is 0 Å². The number of carbonyl (C=O) groups is 1. The van der Waals surface area contributed by atoms with E-state index in [1.807, 2.05) is 55.3 Å². The number of amides is 1. The molecular weight excluding hydrogens is 789 g/mol. The molecule has 10 rings (SSSR count). The van der Waals surface area contributed by atoms with Crippen LogP contribution in [-0.2, 0) is 29.5 Å². The summed E-state index contributed by atoms with van der Waals surface area (Å²) in [5.41, 5.74) is 15.6. The maximum Gasteiger partial charge on any atom is 0.414 e. The number of hydrogen-bond donors (Lipinski definition) is 0. The molecule has 3 aliphatic carbocycles. The Labute approximate surface area is 376 Å². The number of hydrogen-bond acceptors (Lipinski definition) is 3. The Hall–Kier alpha value is -7.31. The molecular formula is C58H52N2O4+2. The number of aromatic nitrogens is 1. The lowest BCUT2D eigenvalue weighted by molar-refractivity contribution is -0.671. The molecule has 6 nitrogen and oxygen atoms in total. The molecule has 0 bridgehead atoms. The van der Waals surface area contributed by atoms with Gasteiger partial charge >= 0.3 is 17.6 Å². The summed E-state index contributed by atoms with van der Waals surface area (Å²) in [5, 5.41) is 0. The molecule has 0 unspecified atom stereocenters. The largest absolute Gasteiger partial charge is 0.456 e. The number of likely N-dealkylation sites (N-methyl/N-ethyl adjacent to an activating group) is 1. The molecule has 1 amide bonds. The van der Waals surface area contributed by atoms with Crippen molar-refractivity contribution in [2.24, 2.45) is 7.05 Å². The fraction of sp³-hybridized carbons (Fsp3) is 0.190. The molecule has 2 aromatic heterocycles. The van der Waals surface area contributed by atoms with Gasteiger partial charge in [-0.3, -0.25) is 4.90 Å². The third-order valence-electron chi connectivity index (χ3n) is 12.8. The summed E-state index contributed by atoms with van der Waals surface area (Å²) in [6.45, 7) is 0.178. The maximum absolute atomic E-state index is 14.2. The molecule has 1 aliphatic heterocycles. The van der Waals surface area contributed by atoms with Gasteiger partial charge in [-0.05, 0) is 115 Å². The minimum absolute atomic E-state index is 0.178. The van der Waals surface area contributed by atoms with E-state index in [1.165, 1.54) is 33.4 Å². The molecule has 316 valence electrons. The van der Waals surface area contributed by atoms with E-state index in [1.54, 1.807) is 4.90 Å². The third-order valence-corrected chi connectivity index (χ3v) is 12.8. The second-order valence-electron chi connectivity index (χ2n) is 17.1. The minimum Gasteiger partial charge on any atom is -0.456 e. The van der Waals surface area contributed by atoms with Crippen LogP contribution in [0.1, 0.15) is 73.0 Å². The number of nitrogens with zero attached hydrogens (tertiary/aromatic N) is 2. The third kappa shape index (κ3) is 8.44. The van der Waals surface area contributed by atoms with Crippen molar-refractivity contribution >= 4 is 23.0 Å². The Balaban J connectivity index is 1.10. The molecule has 0 saturated heterocycles. The van der Waals surface area contributed by atoms with E-state index in [2.05, 4.69) is 133 Å². The Morgan fingerprint density at radius 3 is 2.02 bits per heavy atom. The number of fused-ring (bicyclic) bond motifs is 2. The van der Waals surface area contributed by atoms with Gasteiger partial charge in [0, 0.05) is 41.4 Å². The summed E-state index contributed by atoms with van der Waals surface area (Å²) < 4.78 is 21.9. The Bertz CT molecular complexity index is 2910. The van der Waals surface area contributed by atoms with Crippen molar-refractivity contribution < 1.29 is 23.3 Å². The molecule has 4 aromatic carbocycles. The van der Waals surface area contributed by atoms with Gasteiger partial charge in [-0.25, -0.2) is 13.8 Å². The summed E-state index contributed by atoms with van der Waals surface area (Å²) in [5.74, 6) is 3.52. The Kier molecular flexibility index (Phi) is 11.6. The summed E-state index contributed by atoms with van der Waals surface area (Å²) in [7, 11) is 3.83. The van der Waals surface area contributed by atoms with Crippen molar-refractivity contribution in [3.63, 3.8) is 0 Å². The van der Waals surface area contributed by atoms with Crippen molar-refractivity contribution in [3.05, 3.63) is 232 Å². The van der Waals surface area contributed by atoms with Crippen molar-refractivity contribution in [2.45, 2.75) is 58.0 Å². The SMILES string of the molecule is CN(C(=O)OCc1cc[n+](C)cc1)C1=C(/C=C2\CCCc3c(-c4ccccc4)cc(-c4ccccc4)[o+]c32)CC/C1=C\C1=C2OC(c3ccccc3)=CC(c3ccccc3)=C2CCC1. The first kappa shape index (κ1) is 40.7. The molecule has 0 spiro atoms. The minimum atomic E-state index is -0.394. The highest BCUT2D eigenvalue weighted by molar-refractivity contribution is 5.89. The summed E-state index contributed by atoms with van der Waals surface area (Å²) in [4.78, 5) is 15.9. The van der Waals surface area contributed by atoms with Crippen LogP contribution >= 0.6 is 0 Å². The zero-order chi connectivity index (χ0) is 43.4. The van der Waals surface area contributed by atoms with Crippen LogP contribution in [0.3, 0.4) is 0 Å². The lowest BCUT2D eigenvalue weighted by Crippen LogP contribution is -2.28. The quantitative estimate of drug-likeness (QED) is 0.107. The zero-order valence-electron chi connectivity index (χ0n) is 36.6. The number of aryl methyl sites for hydroxylation is 1. The van der Waals surface area contributed by atoms with E-state index in [4.69, 9.17) is 13.9 Å². The number of allylic oxidation sites excluding steroid dienone is 9. The highest BCUT2D eigenvalue weighted by atomic mass is 16.6. The highest BCUT2D eigenvalue weighted by Crippen LogP contribution is 2.47. The fourth-order valence-electron chi connectivity index (χ4n) is 9.56. The first-order valence-corrected chi connectivity index (χ1v) is 22.5. The molecule has 6 heteroatoms. The van der Waals surface area contributed by atoms with Crippen LogP contribution in [0, 0.1) is 0 Å². The summed E-state index contributed by atoms with van der Waals surface area (Å²) in [6.07, 6.45) is 17.5. The monoisotopic (exact) mass is 840 g/mol. The molecule has 4 aliphatic rings. The van der Waals surface area contributed by atoms with Crippen molar-refractivity contribution in [3.8, 4) is 22.5 Å². The van der Waals surface area contributed by atoms with Crippen LogP contribution in [0.5, 0.6) is 0 Å². The van der Waals surface area contributed by atoms with Crippen LogP contribution in [0.2, 0.25) is 0 Å². The smallest absolute Gasteiger partial charge is 0.414 e. The molecule has 3 heterocycles. The lowest BCUT2D eigenvalue weighted by atomic mass is 9.84. The Morgan fingerprint density at radius 2 is 1.31 bits per heavy atom. The normalized spacial score (nSPS) is 17.2. The van der Waals surface area contributed by atoms with Crippen LogP contribution in [0.25, 0.3) is 39.4 Å². The predicted octanol–water partition coefficient (Wildman–Crippen LogP) is 13.6. The van der Waals surface area contributed by atoms with E-state index in [0.717, 1.165) is 119 Å². The zero-order valence-corrected chi connectivity index (χ0v) is 36.6. The van der Waals surface area contributed by atoms with E-state index < -0.39 is 6.09 Å². The van der Waals surface area contributed by atoms with Gasteiger partial charge in [0.05, 0.1) is 28.5 Å². The Morgan fingerprint density at radius 1 is 0.688 bits per heavy atom. The number of pyridine rings is 1. The van der Waals surface area contributed by atoms with Gasteiger partial charge in [-0.15, -0.1) is 0 Å². The molecule has 6 aromatic rings. The summed E-state index contributed by atoms with van der Waals surface area (Å²) in [6, 6.07) is 48.2. The number of ether oxygens (including phenoxy) is 2. The second kappa shape index (κ2) is 18.2. The van der Waals surface area contributed by atoms with Crippen LogP contribution in [-0.4, -0.2) is 18.0 Å². The predicted molar refractivity (Wildman–Crippen MR) is 255 cm³/mol. The van der Waals surface area contributed by atoms with Gasteiger partial charge in [0.2, 0.25) is 0 Å². The van der Waals surface area contributed by atoms with Crippen LogP contribution < -0.4 is 4.57 Å². The van der Waals surface area contributed by atoms with Crippen molar-refractivity contribution in [1.82, 2.24) is 4.90 Å². The maximum atomic E-state index is 14.2. The molecule has 0 fully saturated rings. The van der Waals surface area contributed by atoms with Gasteiger partial charge < -0.3 is 9.47 Å². The number of rotatable bonds is 9. The molecule has 0 N–H and O–H groups in total. The van der Waals surface area contributed by atoms with Crippen molar-refractivity contribution in [2.75, 3.05) is 7.05 Å². The van der Waals surface area contributed by atoms with E-state index in [0.29, 0.717) is 0 Å². The number of carbonyl (C=O) groups excluding carboxylic acids is 1. The van der Waals surface area contributed by atoms with E-state index >= 15 is 0 Å². The average Bonchev–Trinajstić information content (AvgIpc) is 3.75. The number of benzene rings is 4. The topological polar surface area (TPSA) is 54.0 Å². The summed E-state index contributed by atoms with van der Waals surface area (Å²) >= 11 is 0. The van der Waals surface area contributed by atoms with Crippen LogP contribution in [0.4, 0.5) is 4.79 Å². The van der Waals surface area contributed by atoms with Gasteiger partial charge in [0.15, 0.2) is 12.4 Å². The van der Waals surface area contributed by atoms with Gasteiger partial charge in [-0.2, -0.15) is 0 Å². The van der Waals surface area contributed by atoms with E-state index in [-0.39, 0.29) is 6.61 Å². The first-order valence-electron chi connectivity index (χ1n) is 22.5. The lowest BCUT2D eigenvalue weighted by Gasteiger charge is -2.30. The fourth-order valence-corrected chi connectivity index (χ4v) is 9.56. The van der Waals surface area contributed by atoms with E-state index in [9.17, 15) is 4.79 Å². The van der Waals surface area contributed by atoms with Gasteiger partial charge in [0.1, 0.15) is 25.2 Å². The molecule has 0 atom stereocenters. The van der Waals surface area contributed by atoms with Gasteiger partial charge in [-0.1, -0.05) is 109 Å².